The number of para-hydroxylation sites is 1. The number of tetrazole rings is 1. The summed E-state index contributed by atoms with van der Waals surface area (Å²) in [6.07, 6.45) is 4.31. The maximum Gasteiger partial charge on any atom is 0.225 e. The van der Waals surface area contributed by atoms with Crippen molar-refractivity contribution in [3.63, 3.8) is 0 Å². The molecule has 0 saturated carbocycles. The molecule has 0 fully saturated rings. The Balaban J connectivity index is 1.54. The van der Waals surface area contributed by atoms with E-state index in [0.717, 1.165) is 11.1 Å². The number of rotatable bonds is 7. The summed E-state index contributed by atoms with van der Waals surface area (Å²) in [5, 5.41) is 15.9. The lowest BCUT2D eigenvalue weighted by atomic mass is 9.95. The van der Waals surface area contributed by atoms with E-state index in [9.17, 15) is 4.79 Å². The molecule has 7 nitrogen and oxygen atoms in total. The number of hydrogen-bond acceptors (Lipinski definition) is 4. The van der Waals surface area contributed by atoms with Gasteiger partial charge in [0.2, 0.25) is 11.7 Å². The predicted molar refractivity (Wildman–Crippen MR) is 116 cm³/mol. The molecule has 1 atom stereocenters. The molecule has 0 aliphatic rings. The van der Waals surface area contributed by atoms with Crippen molar-refractivity contribution in [2.24, 2.45) is 7.05 Å². The molecule has 1 N–H and O–H groups in total. The molecule has 0 aliphatic heterocycles. The first-order valence-electron chi connectivity index (χ1n) is 9.58. The van der Waals surface area contributed by atoms with Gasteiger partial charge in [0, 0.05) is 41.9 Å². The Morgan fingerprint density at radius 2 is 1.80 bits per heavy atom. The van der Waals surface area contributed by atoms with Crippen molar-refractivity contribution in [2.75, 3.05) is 5.32 Å². The maximum absolute atomic E-state index is 13.0. The molecule has 30 heavy (non-hydrogen) atoms. The maximum atomic E-state index is 13.0. The Kier molecular flexibility index (Phi) is 5.90. The van der Waals surface area contributed by atoms with E-state index in [1.54, 1.807) is 7.05 Å². The second kappa shape index (κ2) is 8.92. The smallest absolute Gasteiger partial charge is 0.225 e. The van der Waals surface area contributed by atoms with Gasteiger partial charge in [-0.1, -0.05) is 35.9 Å². The molecule has 8 heteroatoms. The van der Waals surface area contributed by atoms with Gasteiger partial charge in [-0.3, -0.25) is 4.79 Å². The molecule has 4 aromatic rings. The van der Waals surface area contributed by atoms with Crippen LogP contribution in [0, 0.1) is 0 Å². The van der Waals surface area contributed by atoms with E-state index in [1.165, 1.54) is 4.80 Å². The van der Waals surface area contributed by atoms with Crippen molar-refractivity contribution in [3.05, 3.63) is 83.6 Å². The van der Waals surface area contributed by atoms with E-state index in [2.05, 4.69) is 25.3 Å². The molecule has 152 valence electrons. The predicted octanol–water partition coefficient (Wildman–Crippen LogP) is 4.14. The molecule has 0 aliphatic carbocycles. The van der Waals surface area contributed by atoms with Gasteiger partial charge in [-0.2, -0.15) is 4.80 Å². The minimum Gasteiger partial charge on any atom is -0.354 e. The first-order chi connectivity index (χ1) is 14.6. The summed E-state index contributed by atoms with van der Waals surface area (Å²) in [4.78, 5) is 14.4. The Hall–Kier alpha value is -3.45. The van der Waals surface area contributed by atoms with E-state index >= 15 is 0 Å². The fourth-order valence-corrected chi connectivity index (χ4v) is 3.50. The van der Waals surface area contributed by atoms with Crippen LogP contribution < -0.4 is 5.32 Å². The van der Waals surface area contributed by atoms with Crippen LogP contribution in [0.1, 0.15) is 17.9 Å². The Morgan fingerprint density at radius 3 is 2.50 bits per heavy atom. The number of nitrogens with one attached hydrogen (secondary N) is 1. The quantitative estimate of drug-likeness (QED) is 0.487. The van der Waals surface area contributed by atoms with E-state index < -0.39 is 0 Å². The largest absolute Gasteiger partial charge is 0.354 e. The molecule has 0 unspecified atom stereocenters. The van der Waals surface area contributed by atoms with Crippen LogP contribution in [-0.2, 0) is 18.4 Å². The Morgan fingerprint density at radius 1 is 1.07 bits per heavy atom. The Labute approximate surface area is 179 Å². The highest BCUT2D eigenvalue weighted by atomic mass is 35.5. The van der Waals surface area contributed by atoms with Gasteiger partial charge in [-0.15, -0.1) is 10.2 Å². The summed E-state index contributed by atoms with van der Waals surface area (Å²) in [7, 11) is 1.70. The second-order valence-electron chi connectivity index (χ2n) is 7.03. The molecule has 4 rings (SSSR count). The number of anilines is 1. The average Bonchev–Trinajstić information content (AvgIpc) is 3.40. The first-order valence-corrected chi connectivity index (χ1v) is 9.96. The van der Waals surface area contributed by atoms with Crippen LogP contribution >= 0.6 is 11.6 Å². The topological polar surface area (TPSA) is 77.6 Å². The van der Waals surface area contributed by atoms with Gasteiger partial charge in [-0.05, 0) is 47.2 Å². The van der Waals surface area contributed by atoms with Crippen molar-refractivity contribution in [2.45, 2.75) is 18.9 Å². The number of hydrogen-bond donors (Lipinski definition) is 1. The van der Waals surface area contributed by atoms with E-state index in [-0.39, 0.29) is 11.8 Å². The monoisotopic (exact) mass is 420 g/mol. The summed E-state index contributed by atoms with van der Waals surface area (Å²) >= 11 is 6.05. The second-order valence-corrected chi connectivity index (χ2v) is 7.47. The van der Waals surface area contributed by atoms with Crippen molar-refractivity contribution in [3.8, 4) is 11.4 Å². The molecule has 0 spiro atoms. The standard InChI is InChI=1S/C22H21ClN6O/c1-28-26-22(25-27-28)19-6-2-3-7-20(19)24-21(30)14-17(15-29-12-4-5-13-29)16-8-10-18(23)11-9-16/h2-13,17H,14-15H2,1H3,(H,24,30)/t17-/m0/s1. The van der Waals surface area contributed by atoms with Crippen LogP contribution in [0.25, 0.3) is 11.4 Å². The summed E-state index contributed by atoms with van der Waals surface area (Å²) in [5.41, 5.74) is 2.45. The van der Waals surface area contributed by atoms with Crippen LogP contribution in [0.5, 0.6) is 0 Å². The highest BCUT2D eigenvalue weighted by Crippen LogP contribution is 2.27. The number of aromatic nitrogens is 5. The number of nitrogens with zero attached hydrogens (tertiary/aromatic N) is 5. The van der Waals surface area contributed by atoms with Crippen LogP contribution in [0.2, 0.25) is 5.02 Å². The number of aryl methyl sites for hydroxylation is 1. The molecule has 2 aromatic heterocycles. The molecule has 0 saturated heterocycles. The number of amides is 1. The molecular weight excluding hydrogens is 400 g/mol. The highest BCUT2D eigenvalue weighted by molar-refractivity contribution is 6.30. The lowest BCUT2D eigenvalue weighted by molar-refractivity contribution is -0.116. The molecule has 1 amide bonds. The number of carbonyl (C=O) groups is 1. The minimum absolute atomic E-state index is 0.00327. The van der Waals surface area contributed by atoms with E-state index in [0.29, 0.717) is 29.5 Å². The molecule has 2 aromatic carbocycles. The van der Waals surface area contributed by atoms with Gasteiger partial charge in [0.25, 0.3) is 0 Å². The van der Waals surface area contributed by atoms with E-state index in [4.69, 9.17) is 11.6 Å². The van der Waals surface area contributed by atoms with Crippen LogP contribution in [-0.4, -0.2) is 30.7 Å². The SMILES string of the molecule is Cn1nnc(-c2ccccc2NC(=O)C[C@@H](Cn2cccc2)c2ccc(Cl)cc2)n1. The zero-order chi connectivity index (χ0) is 20.9. The summed E-state index contributed by atoms with van der Waals surface area (Å²) in [6.45, 7) is 0.690. The van der Waals surface area contributed by atoms with Crippen LogP contribution in [0.3, 0.4) is 0 Å². The molecule has 0 radical (unpaired) electrons. The van der Waals surface area contributed by atoms with Gasteiger partial charge >= 0.3 is 0 Å². The Bertz CT molecular complexity index is 1120. The fourth-order valence-electron chi connectivity index (χ4n) is 3.37. The van der Waals surface area contributed by atoms with Gasteiger partial charge in [0.1, 0.15) is 0 Å². The lowest BCUT2D eigenvalue weighted by Gasteiger charge is -2.19. The normalized spacial score (nSPS) is 11.9. The van der Waals surface area contributed by atoms with Crippen LogP contribution in [0.4, 0.5) is 5.69 Å². The average molecular weight is 421 g/mol. The number of benzene rings is 2. The molecule has 2 heterocycles. The molecule has 0 bridgehead atoms. The number of carbonyl (C=O) groups excluding carboxylic acids is 1. The van der Waals surface area contributed by atoms with E-state index in [1.807, 2.05) is 73.1 Å². The van der Waals surface area contributed by atoms with Gasteiger partial charge in [0.15, 0.2) is 0 Å². The third-order valence-corrected chi connectivity index (χ3v) is 5.07. The van der Waals surface area contributed by atoms with Gasteiger partial charge in [-0.25, -0.2) is 0 Å². The third-order valence-electron chi connectivity index (χ3n) is 4.82. The summed E-state index contributed by atoms with van der Waals surface area (Å²) in [5.74, 6) is 0.380. The van der Waals surface area contributed by atoms with Crippen molar-refractivity contribution < 1.29 is 4.79 Å². The third kappa shape index (κ3) is 4.75. The van der Waals surface area contributed by atoms with Gasteiger partial charge < -0.3 is 9.88 Å². The zero-order valence-corrected chi connectivity index (χ0v) is 17.2. The van der Waals surface area contributed by atoms with Crippen molar-refractivity contribution in [1.29, 1.82) is 0 Å². The fraction of sp³-hybridized carbons (Fsp3) is 0.182. The van der Waals surface area contributed by atoms with Crippen molar-refractivity contribution in [1.82, 2.24) is 24.8 Å². The van der Waals surface area contributed by atoms with Gasteiger partial charge in [0.05, 0.1) is 12.7 Å². The summed E-state index contributed by atoms with van der Waals surface area (Å²) < 4.78 is 2.07. The minimum atomic E-state index is -0.0848. The molecular formula is C22H21ClN6O. The lowest BCUT2D eigenvalue weighted by Crippen LogP contribution is -2.19. The number of halogens is 1. The zero-order valence-electron chi connectivity index (χ0n) is 16.4. The first kappa shape index (κ1) is 19.8. The van der Waals surface area contributed by atoms with Crippen molar-refractivity contribution >= 4 is 23.2 Å². The highest BCUT2D eigenvalue weighted by Gasteiger charge is 2.19. The van der Waals surface area contributed by atoms with Crippen LogP contribution in [0.15, 0.2) is 73.1 Å². The summed E-state index contributed by atoms with van der Waals surface area (Å²) in [6, 6.07) is 19.1.